The Morgan fingerprint density at radius 3 is 1.91 bits per heavy atom. The van der Waals surface area contributed by atoms with Crippen molar-refractivity contribution in [2.45, 2.75) is 5.41 Å². The molecule has 0 N–H and O–H groups in total. The van der Waals surface area contributed by atoms with Gasteiger partial charge in [-0.05, 0) is 101 Å². The summed E-state index contributed by atoms with van der Waals surface area (Å²) in [6.07, 6.45) is 0. The van der Waals surface area contributed by atoms with E-state index >= 15 is 0 Å². The molecule has 1 aliphatic carbocycles. The van der Waals surface area contributed by atoms with Gasteiger partial charge in [-0.2, -0.15) is 0 Å². The summed E-state index contributed by atoms with van der Waals surface area (Å²) in [5.74, 6) is 0. The van der Waals surface area contributed by atoms with Crippen LogP contribution < -0.4 is 4.90 Å². The second-order valence-corrected chi connectivity index (χ2v) is 15.0. The molecule has 0 atom stereocenters. The van der Waals surface area contributed by atoms with E-state index in [1.807, 2.05) is 6.07 Å². The summed E-state index contributed by atoms with van der Waals surface area (Å²) in [7, 11) is 0. The fourth-order valence-corrected chi connectivity index (χ4v) is 9.81. The first-order chi connectivity index (χ1) is 28.8. The van der Waals surface area contributed by atoms with Crippen LogP contribution in [-0.2, 0) is 5.41 Å². The highest BCUT2D eigenvalue weighted by Gasteiger charge is 2.47. The Labute approximate surface area is 336 Å². The number of hydrogen-bond donors (Lipinski definition) is 0. The molecule has 12 rings (SSSR count). The molecule has 0 saturated carbocycles. The monoisotopic (exact) mass is 738 g/mol. The molecular formula is C55H34N2O. The first kappa shape index (κ1) is 32.4. The van der Waals surface area contributed by atoms with E-state index in [1.165, 1.54) is 38.5 Å². The number of benzene rings is 8. The van der Waals surface area contributed by atoms with E-state index in [4.69, 9.17) is 4.42 Å². The smallest absolute Gasteiger partial charge is 0.159 e. The van der Waals surface area contributed by atoms with Gasteiger partial charge in [0, 0.05) is 44.2 Å². The standard InChI is InChI=1S/C55H34N2O/c1-4-18-37(19-5-1)55(46-28-13-10-24-41(46)42-25-11-14-29-47(42)55)48-30-17-33-52-53(48)44-27-16-32-51(54(44)58-52)56(38-20-6-2-7-21-38)40-34-35-50-45(36-40)43-26-12-15-31-49(43)57(50)39-22-8-3-9-23-39/h1-4,6-18,20-36H. The predicted molar refractivity (Wildman–Crippen MR) is 238 cm³/mol. The van der Waals surface area contributed by atoms with Crippen LogP contribution in [0.3, 0.4) is 0 Å². The summed E-state index contributed by atoms with van der Waals surface area (Å²) in [5, 5.41) is 4.55. The summed E-state index contributed by atoms with van der Waals surface area (Å²) < 4.78 is 9.48. The topological polar surface area (TPSA) is 21.3 Å². The highest BCUT2D eigenvalue weighted by molar-refractivity contribution is 6.14. The molecule has 3 nitrogen and oxygen atoms in total. The third kappa shape index (κ3) is 4.52. The highest BCUT2D eigenvalue weighted by atomic mass is 16.3. The predicted octanol–water partition coefficient (Wildman–Crippen LogP) is 14.1. The summed E-state index contributed by atoms with van der Waals surface area (Å²) in [5.41, 5.74) is 14.7. The summed E-state index contributed by atoms with van der Waals surface area (Å²) in [6, 6.07) is 80.6. The number of nitrogens with zero attached hydrogens (tertiary/aromatic N) is 2. The Bertz CT molecular complexity index is 3300. The Morgan fingerprint density at radius 1 is 0.483 bits per heavy atom. The van der Waals surface area contributed by atoms with Crippen molar-refractivity contribution in [3.8, 4) is 16.8 Å². The van der Waals surface area contributed by atoms with Gasteiger partial charge in [0.1, 0.15) is 5.58 Å². The largest absolute Gasteiger partial charge is 0.454 e. The molecule has 2 heterocycles. The van der Waals surface area contributed by atoms with Crippen molar-refractivity contribution >= 4 is 60.8 Å². The minimum Gasteiger partial charge on any atom is -0.454 e. The Balaban J connectivity index is 1.13. The van der Waals surface area contributed by atoms with Gasteiger partial charge in [0.15, 0.2) is 5.58 Å². The lowest BCUT2D eigenvalue weighted by atomic mass is 9.67. The van der Waals surface area contributed by atoms with E-state index < -0.39 is 5.41 Å². The molecule has 0 fully saturated rings. The average molecular weight is 739 g/mol. The molecule has 2 aromatic heterocycles. The van der Waals surface area contributed by atoms with Gasteiger partial charge >= 0.3 is 0 Å². The van der Waals surface area contributed by atoms with Gasteiger partial charge < -0.3 is 13.9 Å². The molecule has 0 amide bonds. The van der Waals surface area contributed by atoms with Gasteiger partial charge in [-0.25, -0.2) is 0 Å². The van der Waals surface area contributed by atoms with Crippen LogP contribution in [0.1, 0.15) is 22.3 Å². The van der Waals surface area contributed by atoms with E-state index in [9.17, 15) is 0 Å². The van der Waals surface area contributed by atoms with Crippen LogP contribution in [0.2, 0.25) is 0 Å². The molecule has 0 spiro atoms. The third-order valence-corrected chi connectivity index (χ3v) is 12.1. The lowest BCUT2D eigenvalue weighted by Gasteiger charge is -2.33. The Morgan fingerprint density at radius 2 is 1.14 bits per heavy atom. The number of hydrogen-bond acceptors (Lipinski definition) is 2. The van der Waals surface area contributed by atoms with Crippen molar-refractivity contribution in [2.24, 2.45) is 0 Å². The van der Waals surface area contributed by atoms with Crippen LogP contribution in [0.4, 0.5) is 17.1 Å². The minimum atomic E-state index is -0.644. The zero-order valence-electron chi connectivity index (χ0n) is 31.4. The quantitative estimate of drug-likeness (QED) is 0.169. The Hall–Kier alpha value is -7.80. The zero-order valence-corrected chi connectivity index (χ0v) is 31.4. The maximum Gasteiger partial charge on any atom is 0.159 e. The molecule has 0 radical (unpaired) electrons. The van der Waals surface area contributed by atoms with E-state index in [1.54, 1.807) is 0 Å². The maximum atomic E-state index is 7.12. The normalized spacial score (nSPS) is 12.8. The van der Waals surface area contributed by atoms with Gasteiger partial charge in [-0.1, -0.05) is 146 Å². The summed E-state index contributed by atoms with van der Waals surface area (Å²) >= 11 is 0. The van der Waals surface area contributed by atoms with Crippen LogP contribution in [0.25, 0.3) is 60.6 Å². The number of furan rings is 1. The molecule has 0 saturated heterocycles. The lowest BCUT2D eigenvalue weighted by molar-refractivity contribution is 0.668. The second kappa shape index (κ2) is 12.6. The van der Waals surface area contributed by atoms with Gasteiger partial charge in [-0.15, -0.1) is 0 Å². The molecule has 9 aromatic carbocycles. The number of para-hydroxylation sites is 4. The van der Waals surface area contributed by atoms with E-state index in [0.717, 1.165) is 61.3 Å². The van der Waals surface area contributed by atoms with Crippen LogP contribution in [0.5, 0.6) is 0 Å². The highest BCUT2D eigenvalue weighted by Crippen LogP contribution is 2.58. The van der Waals surface area contributed by atoms with Crippen molar-refractivity contribution in [1.29, 1.82) is 0 Å². The minimum absolute atomic E-state index is 0.644. The number of anilines is 3. The zero-order chi connectivity index (χ0) is 38.2. The molecule has 11 aromatic rings. The van der Waals surface area contributed by atoms with E-state index in [2.05, 4.69) is 222 Å². The van der Waals surface area contributed by atoms with Crippen LogP contribution in [-0.4, -0.2) is 4.57 Å². The molecule has 1 aliphatic rings. The third-order valence-electron chi connectivity index (χ3n) is 12.1. The van der Waals surface area contributed by atoms with Crippen LogP contribution in [0, 0.1) is 12.1 Å². The fraction of sp³-hybridized carbons (Fsp3) is 0.0182. The van der Waals surface area contributed by atoms with Gasteiger partial charge in [0.25, 0.3) is 0 Å². The van der Waals surface area contributed by atoms with Gasteiger partial charge in [0.05, 0.1) is 22.1 Å². The van der Waals surface area contributed by atoms with Crippen molar-refractivity contribution in [3.05, 3.63) is 241 Å². The first-order valence-electron chi connectivity index (χ1n) is 19.8. The summed E-state index contributed by atoms with van der Waals surface area (Å²) in [4.78, 5) is 2.34. The maximum absolute atomic E-state index is 7.12. The van der Waals surface area contributed by atoms with Crippen molar-refractivity contribution in [2.75, 3.05) is 4.90 Å². The van der Waals surface area contributed by atoms with Crippen molar-refractivity contribution in [1.82, 2.24) is 4.57 Å². The fourth-order valence-electron chi connectivity index (χ4n) is 9.81. The van der Waals surface area contributed by atoms with Crippen LogP contribution >= 0.6 is 0 Å². The molecule has 58 heavy (non-hydrogen) atoms. The van der Waals surface area contributed by atoms with Gasteiger partial charge in [-0.3, -0.25) is 0 Å². The number of aromatic nitrogens is 1. The molecule has 3 heteroatoms. The van der Waals surface area contributed by atoms with Crippen molar-refractivity contribution in [3.63, 3.8) is 0 Å². The van der Waals surface area contributed by atoms with Crippen LogP contribution in [0.15, 0.2) is 211 Å². The van der Waals surface area contributed by atoms with Crippen molar-refractivity contribution < 1.29 is 4.42 Å². The average Bonchev–Trinajstić information content (AvgIpc) is 3.95. The number of rotatable bonds is 6. The SMILES string of the molecule is c1cccc(C2(c3cccc4oc5c(N(c6ccccc6)c6ccc7c(c6)c6ccccc6n7-c6ccccc6)cccc5c34)c3ccccc3-c3ccccc32)c#1. The van der Waals surface area contributed by atoms with E-state index in [-0.39, 0.29) is 0 Å². The summed E-state index contributed by atoms with van der Waals surface area (Å²) in [6.45, 7) is 0. The molecule has 0 aliphatic heterocycles. The first-order valence-corrected chi connectivity index (χ1v) is 19.8. The molecule has 0 unspecified atom stereocenters. The second-order valence-electron chi connectivity index (χ2n) is 15.0. The molecule has 0 bridgehead atoms. The molecule has 270 valence electrons. The van der Waals surface area contributed by atoms with Gasteiger partial charge in [0.2, 0.25) is 0 Å². The number of fused-ring (bicyclic) bond motifs is 9. The Kier molecular flexibility index (Phi) is 7.05. The lowest BCUT2D eigenvalue weighted by Crippen LogP contribution is -2.28. The van der Waals surface area contributed by atoms with E-state index in [0.29, 0.717) is 0 Å². The molecular weight excluding hydrogens is 705 g/mol.